The summed E-state index contributed by atoms with van der Waals surface area (Å²) in [5.41, 5.74) is 7.32. The van der Waals surface area contributed by atoms with Crippen LogP contribution in [0.15, 0.2) is 29.2 Å². The quantitative estimate of drug-likeness (QED) is 0.929. The second kappa shape index (κ2) is 5.73. The lowest BCUT2D eigenvalue weighted by atomic mass is 9.73. The minimum absolute atomic E-state index is 0.117. The van der Waals surface area contributed by atoms with Gasteiger partial charge in [0.25, 0.3) is 0 Å². The molecule has 0 aromatic heterocycles. The molecule has 1 aliphatic rings. The minimum atomic E-state index is -3.35. The van der Waals surface area contributed by atoms with E-state index in [1.54, 1.807) is 12.1 Å². The zero-order valence-electron chi connectivity index (χ0n) is 13.5. The van der Waals surface area contributed by atoms with Gasteiger partial charge in [-0.1, -0.05) is 46.2 Å². The van der Waals surface area contributed by atoms with Crippen LogP contribution in [0.1, 0.15) is 58.4 Å². The van der Waals surface area contributed by atoms with Crippen LogP contribution in [0, 0.1) is 5.41 Å². The Hall–Kier alpha value is -0.870. The fourth-order valence-corrected chi connectivity index (χ4v) is 5.27. The van der Waals surface area contributed by atoms with Crippen molar-refractivity contribution in [1.29, 1.82) is 0 Å². The summed E-state index contributed by atoms with van der Waals surface area (Å²) in [6, 6.07) is 6.99. The zero-order valence-corrected chi connectivity index (χ0v) is 14.3. The van der Waals surface area contributed by atoms with Crippen molar-refractivity contribution in [2.45, 2.75) is 69.1 Å². The molecule has 118 valence electrons. The summed E-state index contributed by atoms with van der Waals surface area (Å²) in [6.45, 7) is 8.34. The summed E-state index contributed by atoms with van der Waals surface area (Å²) >= 11 is 0. The number of hydrogen-bond acceptors (Lipinski definition) is 3. The molecule has 3 nitrogen and oxygen atoms in total. The molecule has 0 heterocycles. The smallest absolute Gasteiger partial charge is 0.182 e. The van der Waals surface area contributed by atoms with E-state index < -0.39 is 15.1 Å². The average molecular weight is 309 g/mol. The molecule has 2 unspecified atom stereocenters. The molecule has 1 fully saturated rings. The van der Waals surface area contributed by atoms with Crippen LogP contribution in [-0.4, -0.2) is 19.7 Å². The lowest BCUT2D eigenvalue weighted by Crippen LogP contribution is -2.52. The second-order valence-corrected chi connectivity index (χ2v) is 9.38. The van der Waals surface area contributed by atoms with Crippen molar-refractivity contribution in [3.63, 3.8) is 0 Å². The van der Waals surface area contributed by atoms with Gasteiger partial charge in [0, 0.05) is 6.04 Å². The Morgan fingerprint density at radius 1 is 1.19 bits per heavy atom. The summed E-state index contributed by atoms with van der Waals surface area (Å²) in [5.74, 6) is 0.401. The SMILES string of the molecule is CC(C)c1ccc(S(=O)(=O)C2CCCC(C)(C)C2N)cc1. The average Bonchev–Trinajstić information content (AvgIpc) is 2.41. The molecule has 0 aliphatic heterocycles. The number of nitrogens with two attached hydrogens (primary N) is 1. The molecular formula is C17H27NO2S. The first-order valence-corrected chi connectivity index (χ1v) is 9.30. The van der Waals surface area contributed by atoms with Gasteiger partial charge < -0.3 is 5.73 Å². The van der Waals surface area contributed by atoms with E-state index in [1.807, 2.05) is 12.1 Å². The molecule has 2 N–H and O–H groups in total. The fraction of sp³-hybridized carbons (Fsp3) is 0.647. The maximum atomic E-state index is 12.9. The van der Waals surface area contributed by atoms with Crippen molar-refractivity contribution in [3.05, 3.63) is 29.8 Å². The summed E-state index contributed by atoms with van der Waals surface area (Å²) in [6.07, 6.45) is 2.58. The lowest BCUT2D eigenvalue weighted by molar-refractivity contribution is 0.204. The van der Waals surface area contributed by atoms with Crippen LogP contribution < -0.4 is 5.73 Å². The Labute approximate surface area is 128 Å². The van der Waals surface area contributed by atoms with Gasteiger partial charge in [-0.15, -0.1) is 0 Å². The van der Waals surface area contributed by atoms with Crippen molar-refractivity contribution >= 4 is 9.84 Å². The van der Waals surface area contributed by atoms with E-state index in [4.69, 9.17) is 5.73 Å². The first-order chi connectivity index (χ1) is 9.66. The van der Waals surface area contributed by atoms with Gasteiger partial charge >= 0.3 is 0 Å². The highest BCUT2D eigenvalue weighted by molar-refractivity contribution is 7.92. The highest BCUT2D eigenvalue weighted by atomic mass is 32.2. The molecular weight excluding hydrogens is 282 g/mol. The first kappa shape index (κ1) is 16.5. The molecule has 1 aromatic carbocycles. The standard InChI is InChI=1S/C17H27NO2S/c1-12(2)13-7-9-14(10-8-13)21(19,20)15-6-5-11-17(3,4)16(15)18/h7-10,12,15-16H,5-6,11,18H2,1-4H3. The minimum Gasteiger partial charge on any atom is -0.326 e. The van der Waals surface area contributed by atoms with E-state index in [0.29, 0.717) is 17.2 Å². The number of hydrogen-bond donors (Lipinski definition) is 1. The molecule has 1 aliphatic carbocycles. The van der Waals surface area contributed by atoms with Crippen LogP contribution >= 0.6 is 0 Å². The molecule has 0 radical (unpaired) electrons. The van der Waals surface area contributed by atoms with E-state index in [0.717, 1.165) is 18.4 Å². The van der Waals surface area contributed by atoms with Gasteiger partial charge in [-0.25, -0.2) is 8.42 Å². The lowest BCUT2D eigenvalue weighted by Gasteiger charge is -2.41. The first-order valence-electron chi connectivity index (χ1n) is 7.76. The summed E-state index contributed by atoms with van der Waals surface area (Å²) in [7, 11) is -3.35. The van der Waals surface area contributed by atoms with Crippen molar-refractivity contribution < 1.29 is 8.42 Å². The van der Waals surface area contributed by atoms with Gasteiger partial charge in [-0.2, -0.15) is 0 Å². The maximum absolute atomic E-state index is 12.9. The van der Waals surface area contributed by atoms with E-state index >= 15 is 0 Å². The van der Waals surface area contributed by atoms with Crippen molar-refractivity contribution in [1.82, 2.24) is 0 Å². The van der Waals surface area contributed by atoms with Gasteiger partial charge in [0.2, 0.25) is 0 Å². The van der Waals surface area contributed by atoms with E-state index in [2.05, 4.69) is 27.7 Å². The Morgan fingerprint density at radius 2 is 1.76 bits per heavy atom. The van der Waals surface area contributed by atoms with Crippen molar-refractivity contribution in [2.24, 2.45) is 11.1 Å². The molecule has 0 bridgehead atoms. The van der Waals surface area contributed by atoms with Crippen molar-refractivity contribution in [2.75, 3.05) is 0 Å². The number of sulfone groups is 1. The third kappa shape index (κ3) is 3.16. The van der Waals surface area contributed by atoms with Crippen LogP contribution in [-0.2, 0) is 9.84 Å². The predicted octanol–water partition coefficient (Wildman–Crippen LogP) is 3.49. The number of rotatable bonds is 3. The molecule has 2 atom stereocenters. The van der Waals surface area contributed by atoms with Gasteiger partial charge in [0.15, 0.2) is 9.84 Å². The Morgan fingerprint density at radius 3 is 2.29 bits per heavy atom. The Balaban J connectivity index is 2.33. The molecule has 1 aromatic rings. The van der Waals surface area contributed by atoms with Crippen molar-refractivity contribution in [3.8, 4) is 0 Å². The van der Waals surface area contributed by atoms with Gasteiger partial charge in [0.1, 0.15) is 0 Å². The summed E-state index contributed by atoms with van der Waals surface area (Å²) in [5, 5.41) is -0.467. The molecule has 1 saturated carbocycles. The summed E-state index contributed by atoms with van der Waals surface area (Å²) < 4.78 is 25.8. The van der Waals surface area contributed by atoms with E-state index in [1.165, 1.54) is 0 Å². The van der Waals surface area contributed by atoms with Crippen LogP contribution in [0.2, 0.25) is 0 Å². The highest BCUT2D eigenvalue weighted by Gasteiger charge is 2.43. The topological polar surface area (TPSA) is 60.2 Å². The number of benzene rings is 1. The highest BCUT2D eigenvalue weighted by Crippen LogP contribution is 2.39. The van der Waals surface area contributed by atoms with Crippen LogP contribution in [0.3, 0.4) is 0 Å². The van der Waals surface area contributed by atoms with Gasteiger partial charge in [-0.3, -0.25) is 0 Å². The normalized spacial score (nSPS) is 26.0. The molecule has 21 heavy (non-hydrogen) atoms. The van der Waals surface area contributed by atoms with Gasteiger partial charge in [-0.05, 0) is 41.9 Å². The van der Waals surface area contributed by atoms with Gasteiger partial charge in [0.05, 0.1) is 10.1 Å². The largest absolute Gasteiger partial charge is 0.326 e. The molecule has 4 heteroatoms. The predicted molar refractivity (Wildman–Crippen MR) is 87.1 cm³/mol. The molecule has 0 saturated heterocycles. The molecule has 2 rings (SSSR count). The van der Waals surface area contributed by atoms with Crippen LogP contribution in [0.25, 0.3) is 0 Å². The molecule has 0 amide bonds. The Kier molecular flexibility index (Phi) is 4.50. The van der Waals surface area contributed by atoms with Crippen LogP contribution in [0.4, 0.5) is 0 Å². The maximum Gasteiger partial charge on any atom is 0.182 e. The second-order valence-electron chi connectivity index (χ2n) is 7.21. The third-order valence-corrected chi connectivity index (χ3v) is 7.14. The monoisotopic (exact) mass is 309 g/mol. The molecule has 0 spiro atoms. The fourth-order valence-electron chi connectivity index (χ4n) is 3.17. The third-order valence-electron chi connectivity index (χ3n) is 4.89. The Bertz CT molecular complexity index is 588. The van der Waals surface area contributed by atoms with E-state index in [-0.39, 0.29) is 11.5 Å². The zero-order chi connectivity index (χ0) is 15.8. The van der Waals surface area contributed by atoms with Crippen LogP contribution in [0.5, 0.6) is 0 Å². The van der Waals surface area contributed by atoms with E-state index in [9.17, 15) is 8.42 Å². The summed E-state index contributed by atoms with van der Waals surface area (Å²) in [4.78, 5) is 0.407.